The van der Waals surface area contributed by atoms with Crippen LogP contribution in [0.2, 0.25) is 0 Å². The Balaban J connectivity index is 2.02. The van der Waals surface area contributed by atoms with E-state index in [0.29, 0.717) is 6.04 Å². The van der Waals surface area contributed by atoms with E-state index >= 15 is 0 Å². The Hall–Kier alpha value is -1.35. The maximum absolute atomic E-state index is 5.36. The number of fused-ring (bicyclic) bond motifs is 1. The summed E-state index contributed by atoms with van der Waals surface area (Å²) in [5.41, 5.74) is 1.21. The Morgan fingerprint density at radius 1 is 1.40 bits per heavy atom. The zero-order valence-electron chi connectivity index (χ0n) is 8.52. The molecule has 3 heteroatoms. The van der Waals surface area contributed by atoms with Crippen LogP contribution in [0.1, 0.15) is 18.9 Å². The summed E-state index contributed by atoms with van der Waals surface area (Å²) < 4.78 is 7.49. The molecule has 1 aromatic heterocycles. The van der Waals surface area contributed by atoms with Gasteiger partial charge in [-0.2, -0.15) is 5.10 Å². The molecule has 0 bridgehead atoms. The van der Waals surface area contributed by atoms with E-state index in [1.54, 1.807) is 0 Å². The minimum absolute atomic E-state index is 0.499. The lowest BCUT2D eigenvalue weighted by Gasteiger charge is -2.23. The number of nitrogens with zero attached hydrogens (tertiary/aromatic N) is 2. The zero-order valence-corrected chi connectivity index (χ0v) is 8.52. The smallest absolute Gasteiger partial charge is 0.0686 e. The van der Waals surface area contributed by atoms with Crippen molar-refractivity contribution in [2.45, 2.75) is 18.9 Å². The normalized spacial score (nSPS) is 18.4. The lowest BCUT2D eigenvalue weighted by Crippen LogP contribution is -2.20. The summed E-state index contributed by atoms with van der Waals surface area (Å²) in [5, 5.41) is 5.63. The van der Waals surface area contributed by atoms with Crippen LogP contribution >= 0.6 is 0 Å². The van der Waals surface area contributed by atoms with Gasteiger partial charge in [0, 0.05) is 18.6 Å². The van der Waals surface area contributed by atoms with Crippen molar-refractivity contribution in [2.24, 2.45) is 0 Å². The molecule has 0 saturated carbocycles. The van der Waals surface area contributed by atoms with Crippen molar-refractivity contribution in [3.63, 3.8) is 0 Å². The predicted molar refractivity (Wildman–Crippen MR) is 57.7 cm³/mol. The Bertz CT molecular complexity index is 457. The van der Waals surface area contributed by atoms with Crippen LogP contribution in [0.4, 0.5) is 0 Å². The Morgan fingerprint density at radius 3 is 3.13 bits per heavy atom. The minimum Gasteiger partial charge on any atom is -0.381 e. The average molecular weight is 201 g/mol. The molecule has 2 heterocycles. The highest BCUT2D eigenvalue weighted by Crippen LogP contribution is 2.24. The van der Waals surface area contributed by atoms with Gasteiger partial charge in [0.15, 0.2) is 0 Å². The van der Waals surface area contributed by atoms with E-state index in [1.165, 1.54) is 10.9 Å². The van der Waals surface area contributed by atoms with Crippen LogP contribution in [0.5, 0.6) is 0 Å². The number of hydrogen-bond acceptors (Lipinski definition) is 2. The van der Waals surface area contributed by atoms with Crippen LogP contribution < -0.4 is 0 Å². The third kappa shape index (κ3) is 1.53. The van der Waals surface area contributed by atoms with Gasteiger partial charge in [0.05, 0.1) is 17.8 Å². The van der Waals surface area contributed by atoms with Crippen LogP contribution in [0.15, 0.2) is 24.4 Å². The highest BCUT2D eigenvalue weighted by atomic mass is 16.5. The average Bonchev–Trinajstić information content (AvgIpc) is 2.74. The molecule has 1 fully saturated rings. The lowest BCUT2D eigenvalue weighted by atomic mass is 10.1. The summed E-state index contributed by atoms with van der Waals surface area (Å²) in [6.07, 6.45) is 4.05. The molecule has 1 radical (unpaired) electrons. The van der Waals surface area contributed by atoms with Gasteiger partial charge in [-0.3, -0.25) is 4.68 Å². The highest BCUT2D eigenvalue weighted by Gasteiger charge is 2.17. The molecular formula is C12H13N2O. The van der Waals surface area contributed by atoms with Crippen LogP contribution in [0.3, 0.4) is 0 Å². The zero-order chi connectivity index (χ0) is 10.1. The fourth-order valence-electron chi connectivity index (χ4n) is 2.15. The summed E-state index contributed by atoms with van der Waals surface area (Å²) in [5.74, 6) is 0. The Morgan fingerprint density at radius 2 is 2.27 bits per heavy atom. The maximum Gasteiger partial charge on any atom is 0.0686 e. The topological polar surface area (TPSA) is 27.1 Å². The van der Waals surface area contributed by atoms with Gasteiger partial charge in [-0.1, -0.05) is 6.07 Å². The molecule has 0 spiro atoms. The fraction of sp³-hybridized carbons (Fsp3) is 0.417. The fourth-order valence-corrected chi connectivity index (χ4v) is 2.15. The molecule has 1 aromatic carbocycles. The molecule has 1 aliphatic rings. The predicted octanol–water partition coefficient (Wildman–Crippen LogP) is 2.19. The molecule has 0 unspecified atom stereocenters. The van der Waals surface area contributed by atoms with Crippen molar-refractivity contribution in [2.75, 3.05) is 13.2 Å². The SMILES string of the molecule is [c]1ccc2c(c1)cnn2C1CCOCC1. The van der Waals surface area contributed by atoms with Gasteiger partial charge in [-0.05, 0) is 31.0 Å². The summed E-state index contributed by atoms with van der Waals surface area (Å²) in [6.45, 7) is 1.70. The maximum atomic E-state index is 5.36. The van der Waals surface area contributed by atoms with E-state index in [0.717, 1.165) is 26.1 Å². The van der Waals surface area contributed by atoms with Crippen molar-refractivity contribution in [3.05, 3.63) is 30.5 Å². The first-order valence-corrected chi connectivity index (χ1v) is 5.36. The van der Waals surface area contributed by atoms with Crippen LogP contribution in [-0.2, 0) is 4.74 Å². The quantitative estimate of drug-likeness (QED) is 0.707. The highest BCUT2D eigenvalue weighted by molar-refractivity contribution is 5.78. The molecule has 77 valence electrons. The first kappa shape index (κ1) is 8.92. The molecule has 0 amide bonds. The first-order chi connectivity index (χ1) is 7.45. The van der Waals surface area contributed by atoms with Crippen molar-refractivity contribution in [1.29, 1.82) is 0 Å². The molecule has 2 aromatic rings. The van der Waals surface area contributed by atoms with Crippen molar-refractivity contribution in [3.8, 4) is 0 Å². The monoisotopic (exact) mass is 201 g/mol. The van der Waals surface area contributed by atoms with Crippen LogP contribution in [0, 0.1) is 6.07 Å². The van der Waals surface area contributed by atoms with Gasteiger partial charge in [0.1, 0.15) is 0 Å². The summed E-state index contributed by atoms with van der Waals surface area (Å²) in [6, 6.07) is 9.58. The van der Waals surface area contributed by atoms with E-state index < -0.39 is 0 Å². The molecule has 1 aliphatic heterocycles. The second-order valence-electron chi connectivity index (χ2n) is 3.92. The third-order valence-electron chi connectivity index (χ3n) is 2.98. The number of benzene rings is 1. The Kier molecular flexibility index (Phi) is 2.18. The summed E-state index contributed by atoms with van der Waals surface area (Å²) in [4.78, 5) is 0. The third-order valence-corrected chi connectivity index (χ3v) is 2.98. The standard InChI is InChI=1S/C12H13N2O/c1-2-4-12-10(3-1)9-13-14(12)11-5-7-15-8-6-11/h2-4,9,11H,5-8H2. The molecule has 3 nitrogen and oxygen atoms in total. The van der Waals surface area contributed by atoms with E-state index in [2.05, 4.69) is 21.9 Å². The first-order valence-electron chi connectivity index (χ1n) is 5.36. The molecule has 0 aliphatic carbocycles. The number of rotatable bonds is 1. The molecular weight excluding hydrogens is 188 g/mol. The number of aromatic nitrogens is 2. The van der Waals surface area contributed by atoms with Crippen LogP contribution in [-0.4, -0.2) is 23.0 Å². The molecule has 1 saturated heterocycles. The number of hydrogen-bond donors (Lipinski definition) is 0. The molecule has 15 heavy (non-hydrogen) atoms. The van der Waals surface area contributed by atoms with Gasteiger partial charge in [-0.15, -0.1) is 0 Å². The van der Waals surface area contributed by atoms with E-state index in [-0.39, 0.29) is 0 Å². The summed E-state index contributed by atoms with van der Waals surface area (Å²) in [7, 11) is 0. The largest absolute Gasteiger partial charge is 0.381 e. The minimum atomic E-state index is 0.499. The molecule has 0 atom stereocenters. The van der Waals surface area contributed by atoms with Crippen LogP contribution in [0.25, 0.3) is 10.9 Å². The van der Waals surface area contributed by atoms with Crippen molar-refractivity contribution >= 4 is 10.9 Å². The number of ether oxygens (including phenoxy) is 1. The summed E-state index contributed by atoms with van der Waals surface area (Å²) >= 11 is 0. The van der Waals surface area contributed by atoms with Gasteiger partial charge in [-0.25, -0.2) is 0 Å². The molecule has 0 N–H and O–H groups in total. The van der Waals surface area contributed by atoms with Crippen molar-refractivity contribution in [1.82, 2.24) is 9.78 Å². The van der Waals surface area contributed by atoms with E-state index in [4.69, 9.17) is 4.74 Å². The van der Waals surface area contributed by atoms with Gasteiger partial charge < -0.3 is 4.74 Å². The molecule has 3 rings (SSSR count). The lowest BCUT2D eigenvalue weighted by molar-refractivity contribution is 0.0675. The van der Waals surface area contributed by atoms with Gasteiger partial charge >= 0.3 is 0 Å². The second-order valence-corrected chi connectivity index (χ2v) is 3.92. The Labute approximate surface area is 88.7 Å². The van der Waals surface area contributed by atoms with Gasteiger partial charge in [0.2, 0.25) is 0 Å². The van der Waals surface area contributed by atoms with Gasteiger partial charge in [0.25, 0.3) is 0 Å². The second kappa shape index (κ2) is 3.66. The van der Waals surface area contributed by atoms with E-state index in [1.807, 2.05) is 18.3 Å². The van der Waals surface area contributed by atoms with Crippen molar-refractivity contribution < 1.29 is 4.74 Å². The van der Waals surface area contributed by atoms with E-state index in [9.17, 15) is 0 Å².